The number of benzene rings is 2. The molecule has 0 aliphatic heterocycles. The third-order valence-electron chi connectivity index (χ3n) is 4.94. The van der Waals surface area contributed by atoms with E-state index in [9.17, 15) is 14.4 Å². The average molecular weight is 453 g/mol. The van der Waals surface area contributed by atoms with E-state index in [1.807, 2.05) is 25.7 Å². The number of carbonyl (C=O) groups is 3. The number of hydrogen-bond donors (Lipinski definition) is 3. The lowest BCUT2D eigenvalue weighted by Gasteiger charge is -2.21. The molecule has 2 rings (SSSR count). The highest BCUT2D eigenvalue weighted by Gasteiger charge is 2.21. The molecule has 0 bridgehead atoms. The van der Waals surface area contributed by atoms with Gasteiger partial charge in [0.15, 0.2) is 0 Å². The lowest BCUT2D eigenvalue weighted by atomic mass is 9.95. The molecular weight excluding hydrogens is 416 g/mol. The summed E-state index contributed by atoms with van der Waals surface area (Å²) in [6, 6.07) is 14.2. The van der Waals surface area contributed by atoms with Gasteiger partial charge < -0.3 is 20.9 Å². The van der Waals surface area contributed by atoms with Crippen molar-refractivity contribution in [3.63, 3.8) is 0 Å². The van der Waals surface area contributed by atoms with Gasteiger partial charge in [-0.05, 0) is 55.3 Å². The van der Waals surface area contributed by atoms with Crippen molar-refractivity contribution in [3.8, 4) is 0 Å². The largest absolute Gasteiger partial charge is 0.376 e. The molecule has 7 nitrogen and oxygen atoms in total. The fraction of sp³-hybridized carbons (Fsp3) is 0.423. The Hall–Kier alpha value is -3.35. The van der Waals surface area contributed by atoms with Crippen molar-refractivity contribution in [2.45, 2.75) is 47.5 Å². The van der Waals surface area contributed by atoms with Crippen molar-refractivity contribution in [1.29, 1.82) is 0 Å². The number of carbonyl (C=O) groups excluding carboxylic acids is 3. The van der Waals surface area contributed by atoms with Crippen LogP contribution in [0, 0.1) is 5.41 Å². The van der Waals surface area contributed by atoms with E-state index in [1.165, 1.54) is 0 Å². The van der Waals surface area contributed by atoms with Crippen molar-refractivity contribution in [3.05, 3.63) is 54.1 Å². The summed E-state index contributed by atoms with van der Waals surface area (Å²) in [7, 11) is 0. The normalized spacial score (nSPS) is 10.9. The SMILES string of the molecule is CCCN(CCC)C(=O)c1ccc(NCC(=O)Nc2cccc(NC(=O)C(C)(C)C)c2)cc1. The van der Waals surface area contributed by atoms with Gasteiger partial charge >= 0.3 is 0 Å². The van der Waals surface area contributed by atoms with Gasteiger partial charge in [-0.15, -0.1) is 0 Å². The average Bonchev–Trinajstić information content (AvgIpc) is 2.77. The van der Waals surface area contributed by atoms with Crippen LogP contribution in [0.15, 0.2) is 48.5 Å². The Morgan fingerprint density at radius 2 is 1.39 bits per heavy atom. The van der Waals surface area contributed by atoms with Crippen LogP contribution in [0.1, 0.15) is 57.8 Å². The molecule has 0 aliphatic rings. The first-order valence-corrected chi connectivity index (χ1v) is 11.5. The van der Waals surface area contributed by atoms with Crippen LogP contribution in [-0.2, 0) is 9.59 Å². The summed E-state index contributed by atoms with van der Waals surface area (Å²) >= 11 is 0. The minimum atomic E-state index is -0.506. The van der Waals surface area contributed by atoms with Gasteiger partial charge in [-0.2, -0.15) is 0 Å². The topological polar surface area (TPSA) is 90.5 Å². The van der Waals surface area contributed by atoms with Crippen LogP contribution in [-0.4, -0.2) is 42.3 Å². The molecule has 0 radical (unpaired) electrons. The van der Waals surface area contributed by atoms with E-state index < -0.39 is 5.41 Å². The monoisotopic (exact) mass is 452 g/mol. The molecule has 2 aromatic rings. The van der Waals surface area contributed by atoms with Gasteiger partial charge in [-0.3, -0.25) is 14.4 Å². The fourth-order valence-electron chi connectivity index (χ4n) is 3.15. The zero-order chi connectivity index (χ0) is 24.4. The van der Waals surface area contributed by atoms with Crippen molar-refractivity contribution in [2.24, 2.45) is 5.41 Å². The Labute approximate surface area is 196 Å². The molecule has 178 valence electrons. The van der Waals surface area contributed by atoms with E-state index in [1.54, 1.807) is 48.5 Å². The van der Waals surface area contributed by atoms with E-state index >= 15 is 0 Å². The molecule has 0 aliphatic carbocycles. The zero-order valence-corrected chi connectivity index (χ0v) is 20.3. The standard InChI is InChI=1S/C26H36N4O3/c1-6-15-30(16-7-2)24(32)19-11-13-20(14-12-19)27-18-23(31)28-21-9-8-10-22(17-21)29-25(33)26(3,4)5/h8-14,17,27H,6-7,15-16,18H2,1-5H3,(H,28,31)(H,29,33). The Morgan fingerprint density at radius 1 is 0.818 bits per heavy atom. The molecule has 0 unspecified atom stereocenters. The summed E-state index contributed by atoms with van der Waals surface area (Å²) in [5.74, 6) is -0.282. The minimum Gasteiger partial charge on any atom is -0.376 e. The van der Waals surface area contributed by atoms with E-state index in [4.69, 9.17) is 0 Å². The Balaban J connectivity index is 1.90. The molecule has 0 spiro atoms. The first-order valence-electron chi connectivity index (χ1n) is 11.5. The highest BCUT2D eigenvalue weighted by molar-refractivity contribution is 5.97. The predicted octanol–water partition coefficient (Wildman–Crippen LogP) is 4.98. The number of hydrogen-bond acceptors (Lipinski definition) is 4. The second kappa shape index (κ2) is 12.0. The molecule has 3 N–H and O–H groups in total. The summed E-state index contributed by atoms with van der Waals surface area (Å²) in [5, 5.41) is 8.75. The summed E-state index contributed by atoms with van der Waals surface area (Å²) in [5.41, 5.74) is 2.11. The van der Waals surface area contributed by atoms with Gasteiger partial charge in [-0.25, -0.2) is 0 Å². The van der Waals surface area contributed by atoms with Crippen LogP contribution in [0.4, 0.5) is 17.1 Å². The summed E-state index contributed by atoms with van der Waals surface area (Å²) in [6.07, 6.45) is 1.85. The second-order valence-corrected chi connectivity index (χ2v) is 9.06. The molecule has 0 atom stereocenters. The van der Waals surface area contributed by atoms with E-state index in [2.05, 4.69) is 29.8 Å². The minimum absolute atomic E-state index is 0.0291. The molecule has 3 amide bonds. The quantitative estimate of drug-likeness (QED) is 0.474. The molecule has 0 aromatic heterocycles. The van der Waals surface area contributed by atoms with Crippen molar-refractivity contribution >= 4 is 34.8 Å². The van der Waals surface area contributed by atoms with Gasteiger partial charge in [0.2, 0.25) is 11.8 Å². The van der Waals surface area contributed by atoms with Gasteiger partial charge in [0.05, 0.1) is 6.54 Å². The van der Waals surface area contributed by atoms with E-state index in [-0.39, 0.29) is 24.3 Å². The lowest BCUT2D eigenvalue weighted by molar-refractivity contribution is -0.123. The van der Waals surface area contributed by atoms with Crippen molar-refractivity contribution in [1.82, 2.24) is 4.90 Å². The van der Waals surface area contributed by atoms with Crippen molar-refractivity contribution < 1.29 is 14.4 Å². The van der Waals surface area contributed by atoms with Crippen LogP contribution < -0.4 is 16.0 Å². The molecule has 0 heterocycles. The molecule has 0 fully saturated rings. The Bertz CT molecular complexity index is 943. The first-order chi connectivity index (χ1) is 15.6. The molecule has 33 heavy (non-hydrogen) atoms. The molecule has 0 saturated carbocycles. The van der Waals surface area contributed by atoms with E-state index in [0.717, 1.165) is 31.6 Å². The summed E-state index contributed by atoms with van der Waals surface area (Å²) < 4.78 is 0. The maximum Gasteiger partial charge on any atom is 0.253 e. The number of nitrogens with one attached hydrogen (secondary N) is 3. The van der Waals surface area contributed by atoms with Crippen LogP contribution in [0.2, 0.25) is 0 Å². The van der Waals surface area contributed by atoms with Crippen LogP contribution in [0.25, 0.3) is 0 Å². The van der Waals surface area contributed by atoms with Gasteiger partial charge in [0, 0.05) is 41.1 Å². The number of nitrogens with zero attached hydrogens (tertiary/aromatic N) is 1. The maximum absolute atomic E-state index is 12.7. The summed E-state index contributed by atoms with van der Waals surface area (Å²) in [4.78, 5) is 39.1. The molecule has 7 heteroatoms. The predicted molar refractivity (Wildman–Crippen MR) is 135 cm³/mol. The Kier molecular flexibility index (Phi) is 9.45. The molecular formula is C26H36N4O3. The van der Waals surface area contributed by atoms with Crippen LogP contribution >= 0.6 is 0 Å². The van der Waals surface area contributed by atoms with E-state index in [0.29, 0.717) is 16.9 Å². The Morgan fingerprint density at radius 3 is 1.94 bits per heavy atom. The van der Waals surface area contributed by atoms with Crippen LogP contribution in [0.5, 0.6) is 0 Å². The van der Waals surface area contributed by atoms with Crippen molar-refractivity contribution in [2.75, 3.05) is 35.6 Å². The maximum atomic E-state index is 12.7. The third-order valence-corrected chi connectivity index (χ3v) is 4.94. The highest BCUT2D eigenvalue weighted by atomic mass is 16.2. The number of rotatable bonds is 10. The zero-order valence-electron chi connectivity index (χ0n) is 20.3. The number of amides is 3. The van der Waals surface area contributed by atoms with Gasteiger partial charge in [-0.1, -0.05) is 40.7 Å². The molecule has 0 saturated heterocycles. The first kappa shape index (κ1) is 25.9. The molecule has 2 aromatic carbocycles. The van der Waals surface area contributed by atoms with Gasteiger partial charge in [0.25, 0.3) is 5.91 Å². The number of anilines is 3. The van der Waals surface area contributed by atoms with Crippen LogP contribution in [0.3, 0.4) is 0 Å². The second-order valence-electron chi connectivity index (χ2n) is 9.06. The highest BCUT2D eigenvalue weighted by Crippen LogP contribution is 2.20. The smallest absolute Gasteiger partial charge is 0.253 e. The summed E-state index contributed by atoms with van der Waals surface area (Å²) in [6.45, 7) is 11.2. The lowest BCUT2D eigenvalue weighted by Crippen LogP contribution is -2.32. The fourth-order valence-corrected chi connectivity index (χ4v) is 3.15. The van der Waals surface area contributed by atoms with Gasteiger partial charge in [0.1, 0.15) is 0 Å². The third kappa shape index (κ3) is 8.25.